The van der Waals surface area contributed by atoms with Crippen molar-refractivity contribution < 1.29 is 4.52 Å². The molecule has 2 heterocycles. The van der Waals surface area contributed by atoms with E-state index < -0.39 is 0 Å². The molecule has 2 unspecified atom stereocenters. The highest BCUT2D eigenvalue weighted by molar-refractivity contribution is 5.05. The summed E-state index contributed by atoms with van der Waals surface area (Å²) in [6.07, 6.45) is 3.30. The molecule has 1 aliphatic heterocycles. The lowest BCUT2D eigenvalue weighted by Gasteiger charge is -2.18. The van der Waals surface area contributed by atoms with Crippen molar-refractivity contribution in [1.29, 1.82) is 0 Å². The minimum Gasteiger partial charge on any atom is -0.337 e. The number of nitrogens with one attached hydrogen (secondary N) is 1. The number of hydrogen-bond acceptors (Lipinski definition) is 4. The number of nitrogens with zero attached hydrogens (tertiary/aromatic N) is 2. The van der Waals surface area contributed by atoms with Gasteiger partial charge in [-0.1, -0.05) is 19.0 Å². The molecule has 84 valence electrons. The van der Waals surface area contributed by atoms with Crippen molar-refractivity contribution in [3.8, 4) is 0 Å². The lowest BCUT2D eigenvalue weighted by molar-refractivity contribution is 0.273. The fourth-order valence-electron chi connectivity index (χ4n) is 1.92. The van der Waals surface area contributed by atoms with E-state index in [0.717, 1.165) is 31.1 Å². The molecule has 0 saturated carbocycles. The fraction of sp³-hybridized carbons (Fsp3) is 0.818. The van der Waals surface area contributed by atoms with Crippen LogP contribution in [0.3, 0.4) is 0 Å². The Kier molecular flexibility index (Phi) is 2.78. The van der Waals surface area contributed by atoms with E-state index >= 15 is 0 Å². The molecule has 4 nitrogen and oxygen atoms in total. The summed E-state index contributed by atoms with van der Waals surface area (Å²) in [6.45, 7) is 7.43. The lowest BCUT2D eigenvalue weighted by atomic mass is 10.0. The normalized spacial score (nSPS) is 28.2. The smallest absolute Gasteiger partial charge is 0.246 e. The average molecular weight is 209 g/mol. The molecule has 1 fully saturated rings. The summed E-state index contributed by atoms with van der Waals surface area (Å²) < 4.78 is 5.35. The summed E-state index contributed by atoms with van der Waals surface area (Å²) in [6, 6.07) is 0. The molecule has 0 radical (unpaired) electrons. The van der Waals surface area contributed by atoms with Crippen LogP contribution in [0.15, 0.2) is 4.52 Å². The molecule has 4 heteroatoms. The summed E-state index contributed by atoms with van der Waals surface area (Å²) in [4.78, 5) is 4.49. The number of hydrogen-bond donors (Lipinski definition) is 1. The molecule has 1 aliphatic rings. The van der Waals surface area contributed by atoms with Crippen LogP contribution in [-0.4, -0.2) is 16.7 Å². The monoisotopic (exact) mass is 209 g/mol. The third-order valence-corrected chi connectivity index (χ3v) is 3.34. The highest BCUT2D eigenvalue weighted by atomic mass is 16.5. The van der Waals surface area contributed by atoms with E-state index in [0.29, 0.717) is 5.92 Å². The van der Waals surface area contributed by atoms with Gasteiger partial charge in [0.15, 0.2) is 5.82 Å². The van der Waals surface area contributed by atoms with Crippen molar-refractivity contribution in [2.24, 2.45) is 0 Å². The van der Waals surface area contributed by atoms with E-state index in [1.165, 1.54) is 6.42 Å². The van der Waals surface area contributed by atoms with E-state index in [1.807, 2.05) is 0 Å². The van der Waals surface area contributed by atoms with Crippen LogP contribution in [0.25, 0.3) is 0 Å². The molecule has 1 aromatic rings. The second-order valence-corrected chi connectivity index (χ2v) is 4.63. The Morgan fingerprint density at radius 3 is 3.00 bits per heavy atom. The average Bonchev–Trinajstić information content (AvgIpc) is 2.85. The van der Waals surface area contributed by atoms with Gasteiger partial charge in [0.05, 0.1) is 5.54 Å². The van der Waals surface area contributed by atoms with Crippen LogP contribution in [0.4, 0.5) is 0 Å². The van der Waals surface area contributed by atoms with Gasteiger partial charge in [0.25, 0.3) is 0 Å². The SMILES string of the molecule is CCC(C)c1noc(C2(C)CCCN2)n1. The largest absolute Gasteiger partial charge is 0.337 e. The minimum atomic E-state index is -0.0985. The van der Waals surface area contributed by atoms with Gasteiger partial charge in [-0.05, 0) is 32.7 Å². The van der Waals surface area contributed by atoms with Gasteiger partial charge in [0.2, 0.25) is 5.89 Å². The quantitative estimate of drug-likeness (QED) is 0.829. The summed E-state index contributed by atoms with van der Waals surface area (Å²) in [5.74, 6) is 1.96. The molecule has 0 amide bonds. The molecule has 0 spiro atoms. The summed E-state index contributed by atoms with van der Waals surface area (Å²) in [5.41, 5.74) is -0.0985. The van der Waals surface area contributed by atoms with Crippen LogP contribution in [-0.2, 0) is 5.54 Å². The number of aromatic nitrogens is 2. The van der Waals surface area contributed by atoms with Crippen molar-refractivity contribution in [3.05, 3.63) is 11.7 Å². The molecular formula is C11H19N3O. The van der Waals surface area contributed by atoms with E-state index in [4.69, 9.17) is 4.52 Å². The predicted molar refractivity (Wildman–Crippen MR) is 57.6 cm³/mol. The maximum absolute atomic E-state index is 5.35. The Labute approximate surface area is 90.4 Å². The van der Waals surface area contributed by atoms with Crippen LogP contribution in [0.1, 0.15) is 57.7 Å². The highest BCUT2D eigenvalue weighted by Crippen LogP contribution is 2.29. The minimum absolute atomic E-state index is 0.0985. The van der Waals surface area contributed by atoms with Crippen LogP contribution < -0.4 is 5.32 Å². The van der Waals surface area contributed by atoms with Crippen molar-refractivity contribution in [2.75, 3.05) is 6.54 Å². The van der Waals surface area contributed by atoms with E-state index in [1.54, 1.807) is 0 Å². The summed E-state index contributed by atoms with van der Waals surface area (Å²) in [5, 5.41) is 7.47. The molecule has 2 rings (SSSR count). The Morgan fingerprint density at radius 1 is 1.60 bits per heavy atom. The van der Waals surface area contributed by atoms with E-state index in [2.05, 4.69) is 36.2 Å². The predicted octanol–water partition coefficient (Wildman–Crippen LogP) is 2.18. The van der Waals surface area contributed by atoms with Gasteiger partial charge in [-0.25, -0.2) is 0 Å². The van der Waals surface area contributed by atoms with E-state index in [-0.39, 0.29) is 5.54 Å². The molecule has 0 aromatic carbocycles. The summed E-state index contributed by atoms with van der Waals surface area (Å²) in [7, 11) is 0. The van der Waals surface area contributed by atoms with Crippen LogP contribution in [0.2, 0.25) is 0 Å². The van der Waals surface area contributed by atoms with Crippen LogP contribution in [0.5, 0.6) is 0 Å². The third kappa shape index (κ3) is 1.91. The first-order valence-electron chi connectivity index (χ1n) is 5.75. The van der Waals surface area contributed by atoms with Crippen molar-refractivity contribution in [1.82, 2.24) is 15.5 Å². The maximum atomic E-state index is 5.35. The standard InChI is InChI=1S/C11H19N3O/c1-4-8(2)9-13-10(15-14-9)11(3)6-5-7-12-11/h8,12H,4-7H2,1-3H3. The Balaban J connectivity index is 2.19. The fourth-order valence-corrected chi connectivity index (χ4v) is 1.92. The molecule has 0 bridgehead atoms. The molecule has 1 saturated heterocycles. The van der Waals surface area contributed by atoms with Crippen LogP contribution >= 0.6 is 0 Å². The first kappa shape index (κ1) is 10.6. The van der Waals surface area contributed by atoms with Gasteiger partial charge in [-0.3, -0.25) is 0 Å². The van der Waals surface area contributed by atoms with Crippen molar-refractivity contribution >= 4 is 0 Å². The van der Waals surface area contributed by atoms with Gasteiger partial charge in [0.1, 0.15) is 0 Å². The molecule has 1 aromatic heterocycles. The zero-order chi connectivity index (χ0) is 10.9. The van der Waals surface area contributed by atoms with E-state index in [9.17, 15) is 0 Å². The topological polar surface area (TPSA) is 51.0 Å². The molecule has 0 aliphatic carbocycles. The number of rotatable bonds is 3. The first-order valence-corrected chi connectivity index (χ1v) is 5.75. The van der Waals surface area contributed by atoms with Gasteiger partial charge >= 0.3 is 0 Å². The second kappa shape index (κ2) is 3.93. The first-order chi connectivity index (χ1) is 7.15. The van der Waals surface area contributed by atoms with Crippen molar-refractivity contribution in [3.63, 3.8) is 0 Å². The molecule has 1 N–H and O–H groups in total. The Bertz CT molecular complexity index is 328. The second-order valence-electron chi connectivity index (χ2n) is 4.63. The molecular weight excluding hydrogens is 190 g/mol. The van der Waals surface area contributed by atoms with Crippen LogP contribution in [0, 0.1) is 0 Å². The summed E-state index contributed by atoms with van der Waals surface area (Å²) >= 11 is 0. The lowest BCUT2D eigenvalue weighted by Crippen LogP contribution is -2.33. The molecule has 2 atom stereocenters. The zero-order valence-electron chi connectivity index (χ0n) is 9.71. The molecule has 15 heavy (non-hydrogen) atoms. The Morgan fingerprint density at radius 2 is 2.40 bits per heavy atom. The zero-order valence-corrected chi connectivity index (χ0v) is 9.71. The van der Waals surface area contributed by atoms with Crippen molar-refractivity contribution in [2.45, 2.75) is 51.5 Å². The highest BCUT2D eigenvalue weighted by Gasteiger charge is 2.35. The van der Waals surface area contributed by atoms with Gasteiger partial charge in [0, 0.05) is 5.92 Å². The third-order valence-electron chi connectivity index (χ3n) is 3.34. The maximum Gasteiger partial charge on any atom is 0.246 e. The van der Waals surface area contributed by atoms with Gasteiger partial charge in [-0.2, -0.15) is 4.98 Å². The van der Waals surface area contributed by atoms with Gasteiger partial charge in [-0.15, -0.1) is 0 Å². The Hall–Kier alpha value is -0.900. The van der Waals surface area contributed by atoms with Gasteiger partial charge < -0.3 is 9.84 Å².